The van der Waals surface area contributed by atoms with Crippen molar-refractivity contribution < 1.29 is 5.11 Å². The van der Waals surface area contributed by atoms with Gasteiger partial charge in [-0.1, -0.05) is 24.3 Å². The van der Waals surface area contributed by atoms with Crippen molar-refractivity contribution in [2.45, 2.75) is 51.6 Å². The van der Waals surface area contributed by atoms with E-state index in [0.717, 1.165) is 22.0 Å². The Balaban J connectivity index is 1.80. The molecule has 1 aliphatic rings. The number of aromatic nitrogens is 1. The molecule has 2 aromatic rings. The topological polar surface area (TPSA) is 33.1 Å². The molecule has 0 radical (unpaired) electrons. The van der Waals surface area contributed by atoms with E-state index in [2.05, 4.69) is 29.2 Å². The van der Waals surface area contributed by atoms with Gasteiger partial charge in [-0.2, -0.15) is 0 Å². The Bertz CT molecular complexity index is 605. The first-order valence-corrected chi connectivity index (χ1v) is 8.16. The van der Waals surface area contributed by atoms with Crippen molar-refractivity contribution in [1.82, 2.24) is 4.98 Å². The van der Waals surface area contributed by atoms with Crippen molar-refractivity contribution in [3.05, 3.63) is 51.0 Å². The van der Waals surface area contributed by atoms with Crippen LogP contribution in [-0.4, -0.2) is 10.1 Å². The minimum atomic E-state index is -0.377. The van der Waals surface area contributed by atoms with E-state index in [0.29, 0.717) is 5.92 Å². The van der Waals surface area contributed by atoms with Gasteiger partial charge in [0.15, 0.2) is 0 Å². The molecular formula is C17H21NOS. The highest BCUT2D eigenvalue weighted by Gasteiger charge is 2.24. The van der Waals surface area contributed by atoms with E-state index >= 15 is 0 Å². The van der Waals surface area contributed by atoms with Crippen LogP contribution in [0.4, 0.5) is 0 Å². The smallest absolute Gasteiger partial charge is 0.0906 e. The molecule has 0 fully saturated rings. The van der Waals surface area contributed by atoms with E-state index < -0.39 is 0 Å². The van der Waals surface area contributed by atoms with Crippen molar-refractivity contribution in [2.75, 3.05) is 0 Å². The molecule has 0 aliphatic heterocycles. The first-order chi connectivity index (χ1) is 9.65. The Hall–Kier alpha value is -1.19. The molecule has 1 heterocycles. The van der Waals surface area contributed by atoms with Gasteiger partial charge < -0.3 is 5.11 Å². The third kappa shape index (κ3) is 2.65. The fourth-order valence-corrected chi connectivity index (χ4v) is 4.26. The molecule has 3 heteroatoms. The molecule has 0 bridgehead atoms. The number of hydrogen-bond donors (Lipinski definition) is 1. The zero-order valence-electron chi connectivity index (χ0n) is 12.1. The molecule has 1 aliphatic carbocycles. The van der Waals surface area contributed by atoms with Crippen LogP contribution in [0.1, 0.15) is 58.0 Å². The fourth-order valence-electron chi connectivity index (χ4n) is 3.33. The van der Waals surface area contributed by atoms with Gasteiger partial charge in [0, 0.05) is 0 Å². The number of aliphatic hydroxyl groups is 1. The van der Waals surface area contributed by atoms with Crippen molar-refractivity contribution in [3.63, 3.8) is 0 Å². The largest absolute Gasteiger partial charge is 0.387 e. The van der Waals surface area contributed by atoms with Gasteiger partial charge in [-0.05, 0) is 56.6 Å². The molecule has 1 N–H and O–H groups in total. The molecule has 3 rings (SSSR count). The number of aryl methyl sites for hydroxylation is 3. The third-order valence-electron chi connectivity index (χ3n) is 4.24. The van der Waals surface area contributed by atoms with Crippen LogP contribution in [0.25, 0.3) is 0 Å². The van der Waals surface area contributed by atoms with Crippen molar-refractivity contribution in [3.8, 4) is 0 Å². The Morgan fingerprint density at radius 1 is 1.35 bits per heavy atom. The first kappa shape index (κ1) is 13.8. The van der Waals surface area contributed by atoms with Crippen molar-refractivity contribution in [1.29, 1.82) is 0 Å². The summed E-state index contributed by atoms with van der Waals surface area (Å²) in [5.74, 6) is 0.483. The number of thiazole rings is 1. The summed E-state index contributed by atoms with van der Waals surface area (Å²) >= 11 is 1.63. The highest BCUT2D eigenvalue weighted by molar-refractivity contribution is 7.11. The second-order valence-corrected chi connectivity index (χ2v) is 6.96. The summed E-state index contributed by atoms with van der Waals surface area (Å²) in [6.45, 7) is 4.00. The Labute approximate surface area is 124 Å². The quantitative estimate of drug-likeness (QED) is 0.913. The van der Waals surface area contributed by atoms with E-state index in [4.69, 9.17) is 0 Å². The predicted octanol–water partition coefficient (Wildman–Crippen LogP) is 4.30. The van der Waals surface area contributed by atoms with E-state index in [1.54, 1.807) is 11.3 Å². The lowest BCUT2D eigenvalue weighted by molar-refractivity contribution is 0.157. The van der Waals surface area contributed by atoms with Crippen LogP contribution in [0.2, 0.25) is 0 Å². The monoisotopic (exact) mass is 287 g/mol. The Morgan fingerprint density at radius 2 is 2.15 bits per heavy atom. The summed E-state index contributed by atoms with van der Waals surface area (Å²) in [4.78, 5) is 5.47. The van der Waals surface area contributed by atoms with Crippen LogP contribution < -0.4 is 0 Å². The molecule has 0 saturated carbocycles. The fraction of sp³-hybridized carbons (Fsp3) is 0.471. The summed E-state index contributed by atoms with van der Waals surface area (Å²) in [5.41, 5.74) is 3.90. The second-order valence-electron chi connectivity index (χ2n) is 5.72. The van der Waals surface area contributed by atoms with Gasteiger partial charge in [0.25, 0.3) is 0 Å². The van der Waals surface area contributed by atoms with E-state index in [9.17, 15) is 5.11 Å². The summed E-state index contributed by atoms with van der Waals surface area (Å²) in [7, 11) is 0. The molecule has 1 aromatic heterocycles. The number of hydrogen-bond acceptors (Lipinski definition) is 3. The Kier molecular flexibility index (Phi) is 3.90. The molecular weight excluding hydrogens is 266 g/mol. The van der Waals surface area contributed by atoms with Gasteiger partial charge in [0.05, 0.1) is 21.7 Å². The molecule has 1 aromatic carbocycles. The van der Waals surface area contributed by atoms with Gasteiger partial charge >= 0.3 is 0 Å². The lowest BCUT2D eigenvalue weighted by Gasteiger charge is -2.27. The van der Waals surface area contributed by atoms with Gasteiger partial charge in [-0.25, -0.2) is 4.98 Å². The second kappa shape index (κ2) is 5.66. The van der Waals surface area contributed by atoms with Crippen molar-refractivity contribution in [2.24, 2.45) is 0 Å². The SMILES string of the molecule is Cc1nc(C)c(C(O)CC2CCCc3ccccc32)s1. The highest BCUT2D eigenvalue weighted by Crippen LogP contribution is 2.39. The van der Waals surface area contributed by atoms with Gasteiger partial charge in [-0.15, -0.1) is 11.3 Å². The number of benzene rings is 1. The number of rotatable bonds is 3. The molecule has 2 unspecified atom stereocenters. The summed E-state index contributed by atoms with van der Waals surface area (Å²) in [6.07, 6.45) is 4.04. The van der Waals surface area contributed by atoms with Crippen LogP contribution >= 0.6 is 11.3 Å². The van der Waals surface area contributed by atoms with Gasteiger partial charge in [0.1, 0.15) is 0 Å². The van der Waals surface area contributed by atoms with E-state index in [-0.39, 0.29) is 6.10 Å². The van der Waals surface area contributed by atoms with E-state index in [1.807, 2.05) is 13.8 Å². The average molecular weight is 287 g/mol. The molecule has 20 heavy (non-hydrogen) atoms. The highest BCUT2D eigenvalue weighted by atomic mass is 32.1. The molecule has 2 atom stereocenters. The van der Waals surface area contributed by atoms with E-state index in [1.165, 1.54) is 30.4 Å². The number of nitrogens with zero attached hydrogens (tertiary/aromatic N) is 1. The number of fused-ring (bicyclic) bond motifs is 1. The van der Waals surface area contributed by atoms with Crippen molar-refractivity contribution >= 4 is 11.3 Å². The number of aliphatic hydroxyl groups excluding tert-OH is 1. The Morgan fingerprint density at radius 3 is 2.90 bits per heavy atom. The molecule has 0 saturated heterocycles. The van der Waals surface area contributed by atoms with Crippen LogP contribution in [0.15, 0.2) is 24.3 Å². The molecule has 2 nitrogen and oxygen atoms in total. The summed E-state index contributed by atoms with van der Waals surface area (Å²) in [6, 6.07) is 8.70. The summed E-state index contributed by atoms with van der Waals surface area (Å²) in [5, 5.41) is 11.6. The predicted molar refractivity (Wildman–Crippen MR) is 83.3 cm³/mol. The molecule has 0 amide bonds. The maximum absolute atomic E-state index is 10.6. The normalized spacial score (nSPS) is 19.6. The minimum Gasteiger partial charge on any atom is -0.387 e. The third-order valence-corrected chi connectivity index (χ3v) is 5.42. The summed E-state index contributed by atoms with van der Waals surface area (Å²) < 4.78 is 0. The average Bonchev–Trinajstić information content (AvgIpc) is 2.78. The van der Waals surface area contributed by atoms with Gasteiger partial charge in [0.2, 0.25) is 0 Å². The standard InChI is InChI=1S/C17H21NOS/c1-11-17(20-12(2)18-11)16(19)10-14-8-5-7-13-6-3-4-9-15(13)14/h3-4,6,9,14,16,19H,5,7-8,10H2,1-2H3. The molecule has 106 valence electrons. The lowest BCUT2D eigenvalue weighted by atomic mass is 9.80. The maximum atomic E-state index is 10.6. The lowest BCUT2D eigenvalue weighted by Crippen LogP contribution is -2.13. The first-order valence-electron chi connectivity index (χ1n) is 7.35. The van der Waals surface area contributed by atoms with Crippen LogP contribution in [0, 0.1) is 13.8 Å². The van der Waals surface area contributed by atoms with Gasteiger partial charge in [-0.3, -0.25) is 0 Å². The van der Waals surface area contributed by atoms with Crippen LogP contribution in [-0.2, 0) is 6.42 Å². The zero-order chi connectivity index (χ0) is 14.1. The zero-order valence-corrected chi connectivity index (χ0v) is 12.9. The minimum absolute atomic E-state index is 0.377. The molecule has 0 spiro atoms. The van der Waals surface area contributed by atoms with Crippen LogP contribution in [0.3, 0.4) is 0 Å². The maximum Gasteiger partial charge on any atom is 0.0906 e. The van der Waals surface area contributed by atoms with Crippen LogP contribution in [0.5, 0.6) is 0 Å².